The topological polar surface area (TPSA) is 118 Å². The number of ketones is 2. The summed E-state index contributed by atoms with van der Waals surface area (Å²) in [6, 6.07) is 11.4. The van der Waals surface area contributed by atoms with Crippen LogP contribution in [-0.4, -0.2) is 51.3 Å². The zero-order chi connectivity index (χ0) is 22.4. The molecule has 0 saturated carbocycles. The van der Waals surface area contributed by atoms with Crippen LogP contribution in [0.3, 0.4) is 0 Å². The lowest BCUT2D eigenvalue weighted by Gasteiger charge is -2.35. The molecular formula is C23H17N3O6. The van der Waals surface area contributed by atoms with Crippen LogP contribution in [-0.2, 0) is 9.59 Å². The van der Waals surface area contributed by atoms with E-state index in [1.165, 1.54) is 24.3 Å². The molecular weight excluding hydrogens is 414 g/mol. The van der Waals surface area contributed by atoms with Crippen LogP contribution in [0.5, 0.6) is 0 Å². The van der Waals surface area contributed by atoms with Crippen molar-refractivity contribution in [1.29, 1.82) is 0 Å². The number of anilines is 1. The Labute approximate surface area is 181 Å². The number of benzene rings is 2. The van der Waals surface area contributed by atoms with E-state index in [2.05, 4.69) is 0 Å². The van der Waals surface area contributed by atoms with Crippen LogP contribution in [0, 0.1) is 22.0 Å². The summed E-state index contributed by atoms with van der Waals surface area (Å²) in [6.07, 6.45) is 1.31. The highest BCUT2D eigenvalue weighted by Gasteiger charge is 2.76. The van der Waals surface area contributed by atoms with Gasteiger partial charge in [-0.15, -0.1) is 0 Å². The SMILES string of the molecule is O=C1C2C3CCCN3C3(C(=O)c4ccccc4C3=O)C2C(=O)N1c1cccc([N+](=O)[O-])c1. The Kier molecular flexibility index (Phi) is 3.66. The maximum atomic E-state index is 13.7. The fourth-order valence-corrected chi connectivity index (χ4v) is 6.24. The summed E-state index contributed by atoms with van der Waals surface area (Å²) in [5.41, 5.74) is -1.34. The van der Waals surface area contributed by atoms with Crippen molar-refractivity contribution in [1.82, 2.24) is 4.90 Å². The summed E-state index contributed by atoms with van der Waals surface area (Å²) in [4.78, 5) is 68.0. The lowest BCUT2D eigenvalue weighted by Crippen LogP contribution is -2.59. The summed E-state index contributed by atoms with van der Waals surface area (Å²) in [5.74, 6) is -4.01. The number of non-ortho nitro benzene ring substituents is 1. The van der Waals surface area contributed by atoms with E-state index in [1.54, 1.807) is 29.2 Å². The number of nitrogens with zero attached hydrogens (tertiary/aromatic N) is 3. The fraction of sp³-hybridized carbons (Fsp3) is 0.304. The first-order valence-electron chi connectivity index (χ1n) is 10.5. The lowest BCUT2D eigenvalue weighted by atomic mass is 9.76. The Hall–Kier alpha value is -3.72. The predicted octanol–water partition coefficient (Wildman–Crippen LogP) is 2.00. The Morgan fingerprint density at radius 1 is 0.938 bits per heavy atom. The van der Waals surface area contributed by atoms with Gasteiger partial charge in [-0.3, -0.25) is 34.2 Å². The maximum absolute atomic E-state index is 13.7. The van der Waals surface area contributed by atoms with Crippen molar-refractivity contribution in [2.45, 2.75) is 24.4 Å². The number of Topliss-reactive ketones (excluding diaryl/α,β-unsaturated/α-hetero) is 2. The highest BCUT2D eigenvalue weighted by atomic mass is 16.6. The molecule has 2 amide bonds. The summed E-state index contributed by atoms with van der Waals surface area (Å²) < 4.78 is 0. The van der Waals surface area contributed by atoms with E-state index in [4.69, 9.17) is 0 Å². The van der Waals surface area contributed by atoms with Crippen LogP contribution in [0.2, 0.25) is 0 Å². The number of imide groups is 1. The monoisotopic (exact) mass is 431 g/mol. The molecule has 2 aromatic rings. The third kappa shape index (κ3) is 2.02. The van der Waals surface area contributed by atoms with Crippen molar-refractivity contribution in [2.24, 2.45) is 11.8 Å². The van der Waals surface area contributed by atoms with E-state index < -0.39 is 51.7 Å². The van der Waals surface area contributed by atoms with Crippen molar-refractivity contribution in [3.05, 3.63) is 69.8 Å². The second kappa shape index (κ2) is 6.17. The van der Waals surface area contributed by atoms with Crippen molar-refractivity contribution >= 4 is 34.8 Å². The third-order valence-electron chi connectivity index (χ3n) is 7.38. The Bertz CT molecular complexity index is 1230. The molecule has 3 unspecified atom stereocenters. The van der Waals surface area contributed by atoms with Gasteiger partial charge in [0, 0.05) is 29.3 Å². The number of rotatable bonds is 2. The predicted molar refractivity (Wildman–Crippen MR) is 110 cm³/mol. The number of hydrogen-bond donors (Lipinski definition) is 0. The van der Waals surface area contributed by atoms with E-state index in [0.717, 1.165) is 4.90 Å². The van der Waals surface area contributed by atoms with Crippen molar-refractivity contribution in [2.75, 3.05) is 11.4 Å². The molecule has 1 spiro atoms. The van der Waals surface area contributed by atoms with Gasteiger partial charge in [0.05, 0.1) is 22.4 Å². The molecule has 2 aromatic carbocycles. The van der Waals surface area contributed by atoms with Crippen molar-refractivity contribution in [3.63, 3.8) is 0 Å². The molecule has 9 heteroatoms. The average Bonchev–Trinajstić information content (AvgIpc) is 3.48. The second-order valence-electron chi connectivity index (χ2n) is 8.67. The number of carbonyl (C=O) groups excluding carboxylic acids is 4. The first kappa shape index (κ1) is 19.0. The van der Waals surface area contributed by atoms with Crippen molar-refractivity contribution < 1.29 is 24.1 Å². The number of nitro benzene ring substituents is 1. The third-order valence-corrected chi connectivity index (χ3v) is 7.38. The number of fused-ring (bicyclic) bond motifs is 6. The molecule has 3 atom stereocenters. The van der Waals surface area contributed by atoms with Gasteiger partial charge in [-0.05, 0) is 25.5 Å². The summed E-state index contributed by atoms with van der Waals surface area (Å²) in [7, 11) is 0. The molecule has 160 valence electrons. The number of hydrogen-bond acceptors (Lipinski definition) is 7. The van der Waals surface area contributed by atoms with E-state index in [9.17, 15) is 29.3 Å². The molecule has 0 N–H and O–H groups in total. The van der Waals surface area contributed by atoms with E-state index in [-0.39, 0.29) is 22.5 Å². The lowest BCUT2D eigenvalue weighted by molar-refractivity contribution is -0.384. The van der Waals surface area contributed by atoms with Crippen LogP contribution < -0.4 is 4.90 Å². The van der Waals surface area contributed by atoms with Gasteiger partial charge < -0.3 is 0 Å². The minimum absolute atomic E-state index is 0.0821. The van der Waals surface area contributed by atoms with Crippen LogP contribution in [0.25, 0.3) is 0 Å². The van der Waals surface area contributed by atoms with E-state index >= 15 is 0 Å². The molecule has 3 aliphatic heterocycles. The minimum Gasteiger partial charge on any atom is -0.291 e. The quantitative estimate of drug-likeness (QED) is 0.309. The summed E-state index contributed by atoms with van der Waals surface area (Å²) in [5, 5.41) is 11.2. The molecule has 0 bridgehead atoms. The molecule has 0 radical (unpaired) electrons. The molecule has 3 fully saturated rings. The van der Waals surface area contributed by atoms with Crippen molar-refractivity contribution in [3.8, 4) is 0 Å². The van der Waals surface area contributed by atoms with Gasteiger partial charge in [0.2, 0.25) is 11.8 Å². The van der Waals surface area contributed by atoms with Crippen LogP contribution in [0.4, 0.5) is 11.4 Å². The van der Waals surface area contributed by atoms with Gasteiger partial charge >= 0.3 is 0 Å². The summed E-state index contributed by atoms with van der Waals surface area (Å²) in [6.45, 7) is 0.459. The van der Waals surface area contributed by atoms with Gasteiger partial charge in [-0.1, -0.05) is 30.3 Å². The second-order valence-corrected chi connectivity index (χ2v) is 8.67. The van der Waals surface area contributed by atoms with Gasteiger partial charge in [0.15, 0.2) is 17.1 Å². The van der Waals surface area contributed by atoms with Crippen LogP contribution in [0.1, 0.15) is 33.6 Å². The average molecular weight is 431 g/mol. The first-order valence-corrected chi connectivity index (χ1v) is 10.5. The van der Waals surface area contributed by atoms with Gasteiger partial charge in [0.1, 0.15) is 0 Å². The zero-order valence-corrected chi connectivity index (χ0v) is 16.8. The molecule has 4 aliphatic rings. The van der Waals surface area contributed by atoms with E-state index in [1.807, 2.05) is 0 Å². The maximum Gasteiger partial charge on any atom is 0.271 e. The van der Waals surface area contributed by atoms with Gasteiger partial charge in [-0.25, -0.2) is 4.90 Å². The highest BCUT2D eigenvalue weighted by molar-refractivity contribution is 6.37. The van der Waals surface area contributed by atoms with Gasteiger partial charge in [0.25, 0.3) is 5.69 Å². The molecule has 3 saturated heterocycles. The molecule has 1 aliphatic carbocycles. The molecule has 32 heavy (non-hydrogen) atoms. The smallest absolute Gasteiger partial charge is 0.271 e. The van der Waals surface area contributed by atoms with Gasteiger partial charge in [-0.2, -0.15) is 0 Å². The Balaban J connectivity index is 1.53. The minimum atomic E-state index is -1.72. The molecule has 0 aromatic heterocycles. The normalized spacial score (nSPS) is 27.9. The van der Waals surface area contributed by atoms with E-state index in [0.29, 0.717) is 19.4 Å². The molecule has 9 nitrogen and oxygen atoms in total. The summed E-state index contributed by atoms with van der Waals surface area (Å²) >= 11 is 0. The number of nitro groups is 1. The Morgan fingerprint density at radius 3 is 2.28 bits per heavy atom. The first-order chi connectivity index (χ1) is 15.4. The standard InChI is InChI=1S/C23H17N3O6/c27-19-14-7-1-2-8-15(14)20(28)23(19)18-17(16-9-4-10-24(16)23)21(29)25(22(18)30)12-5-3-6-13(11-12)26(31)32/h1-3,5-8,11,16-18H,4,9-10H2. The van der Waals surface area contributed by atoms with Crippen LogP contribution in [0.15, 0.2) is 48.5 Å². The number of carbonyl (C=O) groups is 4. The molecule has 6 rings (SSSR count). The largest absolute Gasteiger partial charge is 0.291 e. The fourth-order valence-electron chi connectivity index (χ4n) is 6.24. The number of amides is 2. The van der Waals surface area contributed by atoms with Crippen LogP contribution >= 0.6 is 0 Å². The highest BCUT2D eigenvalue weighted by Crippen LogP contribution is 2.57. The molecule has 3 heterocycles. The zero-order valence-electron chi connectivity index (χ0n) is 16.8. The Morgan fingerprint density at radius 2 is 1.62 bits per heavy atom.